The molecule has 0 saturated carbocycles. The summed E-state index contributed by atoms with van der Waals surface area (Å²) in [6, 6.07) is 20.9. The Morgan fingerprint density at radius 1 is 1.03 bits per heavy atom. The van der Waals surface area contributed by atoms with Gasteiger partial charge in [-0.1, -0.05) is 30.3 Å². The largest absolute Gasteiger partial charge is 0.504 e. The number of phenols is 1. The summed E-state index contributed by atoms with van der Waals surface area (Å²) in [6.45, 7) is 0.913. The zero-order chi connectivity index (χ0) is 21.6. The molecule has 0 aliphatic carbocycles. The number of aromatic nitrogens is 2. The number of urea groups is 1. The summed E-state index contributed by atoms with van der Waals surface area (Å²) in [5.41, 5.74) is 5.00. The smallest absolute Gasteiger partial charge is 0.315 e. The number of methoxy groups -OCH3 is 1. The number of nitrogens with one attached hydrogen (secondary N) is 2. The highest BCUT2D eigenvalue weighted by Crippen LogP contribution is 2.26. The molecule has 0 atom stereocenters. The number of amides is 2. The van der Waals surface area contributed by atoms with E-state index in [0.717, 1.165) is 27.8 Å². The van der Waals surface area contributed by atoms with Crippen molar-refractivity contribution in [1.82, 2.24) is 20.2 Å². The van der Waals surface area contributed by atoms with E-state index in [1.54, 1.807) is 12.1 Å². The standard InChI is InChI=1S/C24H24N4O3/c1-31-23-14-17(8-11-22(23)29)12-13-25-24(30)26-15-18-6-9-19(10-7-18)28-16-27-20-4-2-3-5-21(20)28/h2-11,14,16,29H,12-13,15H2,1H3,(H2,25,26,30). The zero-order valence-electron chi connectivity index (χ0n) is 17.2. The van der Waals surface area contributed by atoms with Crippen molar-refractivity contribution in [2.24, 2.45) is 0 Å². The van der Waals surface area contributed by atoms with Crippen LogP contribution >= 0.6 is 0 Å². The topological polar surface area (TPSA) is 88.4 Å². The third-order valence-corrected chi connectivity index (χ3v) is 5.06. The van der Waals surface area contributed by atoms with Gasteiger partial charge in [-0.2, -0.15) is 0 Å². The van der Waals surface area contributed by atoms with E-state index in [0.29, 0.717) is 25.3 Å². The van der Waals surface area contributed by atoms with Crippen LogP contribution in [0.3, 0.4) is 0 Å². The number of rotatable bonds is 7. The summed E-state index contributed by atoms with van der Waals surface area (Å²) in [7, 11) is 1.51. The molecule has 158 valence electrons. The highest BCUT2D eigenvalue weighted by atomic mass is 16.5. The molecule has 31 heavy (non-hydrogen) atoms. The number of imidazole rings is 1. The molecule has 4 rings (SSSR count). The van der Waals surface area contributed by atoms with Crippen LogP contribution in [-0.2, 0) is 13.0 Å². The number of ether oxygens (including phenoxy) is 1. The van der Waals surface area contributed by atoms with E-state index in [1.807, 2.05) is 65.5 Å². The maximum atomic E-state index is 12.1. The zero-order valence-corrected chi connectivity index (χ0v) is 17.2. The fourth-order valence-electron chi connectivity index (χ4n) is 3.38. The minimum absolute atomic E-state index is 0.101. The average Bonchev–Trinajstić information content (AvgIpc) is 3.23. The predicted octanol–water partition coefficient (Wildman–Crippen LogP) is 3.78. The van der Waals surface area contributed by atoms with Crippen molar-refractivity contribution in [3.05, 3.63) is 84.2 Å². The number of carbonyl (C=O) groups excluding carboxylic acids is 1. The fraction of sp³-hybridized carbons (Fsp3) is 0.167. The Labute approximate surface area is 180 Å². The van der Waals surface area contributed by atoms with Crippen LogP contribution in [0.4, 0.5) is 4.79 Å². The fourth-order valence-corrected chi connectivity index (χ4v) is 3.38. The van der Waals surface area contributed by atoms with Gasteiger partial charge in [0.2, 0.25) is 0 Å². The molecule has 0 saturated heterocycles. The Morgan fingerprint density at radius 2 is 1.81 bits per heavy atom. The van der Waals surface area contributed by atoms with Crippen LogP contribution in [0.1, 0.15) is 11.1 Å². The number of aromatic hydroxyl groups is 1. The predicted molar refractivity (Wildman–Crippen MR) is 120 cm³/mol. The van der Waals surface area contributed by atoms with Crippen molar-refractivity contribution in [1.29, 1.82) is 0 Å². The molecule has 7 heteroatoms. The Balaban J connectivity index is 1.27. The summed E-state index contributed by atoms with van der Waals surface area (Å²) >= 11 is 0. The normalized spacial score (nSPS) is 10.7. The first-order chi connectivity index (χ1) is 15.1. The van der Waals surface area contributed by atoms with Gasteiger partial charge >= 0.3 is 6.03 Å². The number of phenolic OH excluding ortho intramolecular Hbond substituents is 1. The van der Waals surface area contributed by atoms with E-state index in [-0.39, 0.29) is 11.8 Å². The highest BCUT2D eigenvalue weighted by Gasteiger charge is 2.06. The second-order valence-electron chi connectivity index (χ2n) is 7.14. The lowest BCUT2D eigenvalue weighted by Gasteiger charge is -2.10. The third kappa shape index (κ3) is 4.78. The lowest BCUT2D eigenvalue weighted by Crippen LogP contribution is -2.36. The van der Waals surface area contributed by atoms with E-state index in [1.165, 1.54) is 7.11 Å². The number of hydrogen-bond acceptors (Lipinski definition) is 4. The molecule has 1 heterocycles. The minimum Gasteiger partial charge on any atom is -0.504 e. The third-order valence-electron chi connectivity index (χ3n) is 5.06. The summed E-state index contributed by atoms with van der Waals surface area (Å²) in [6.07, 6.45) is 2.45. The second-order valence-corrected chi connectivity index (χ2v) is 7.14. The number of para-hydroxylation sites is 2. The van der Waals surface area contributed by atoms with Gasteiger partial charge in [0.25, 0.3) is 0 Å². The molecule has 4 aromatic rings. The van der Waals surface area contributed by atoms with Gasteiger partial charge < -0.3 is 20.5 Å². The molecule has 0 unspecified atom stereocenters. The number of nitrogens with zero attached hydrogens (tertiary/aromatic N) is 2. The molecule has 1 aromatic heterocycles. The number of benzene rings is 3. The molecular formula is C24H24N4O3. The Hall–Kier alpha value is -4.00. The van der Waals surface area contributed by atoms with E-state index < -0.39 is 0 Å². The number of fused-ring (bicyclic) bond motifs is 1. The van der Waals surface area contributed by atoms with Crippen molar-refractivity contribution in [3.63, 3.8) is 0 Å². The van der Waals surface area contributed by atoms with Crippen LogP contribution < -0.4 is 15.4 Å². The molecular weight excluding hydrogens is 392 g/mol. The van der Waals surface area contributed by atoms with E-state index in [2.05, 4.69) is 15.6 Å². The van der Waals surface area contributed by atoms with Gasteiger partial charge in [-0.3, -0.25) is 4.57 Å². The second kappa shape index (κ2) is 9.21. The maximum Gasteiger partial charge on any atom is 0.315 e. The van der Waals surface area contributed by atoms with Gasteiger partial charge in [-0.25, -0.2) is 9.78 Å². The molecule has 3 N–H and O–H groups in total. The van der Waals surface area contributed by atoms with Crippen molar-refractivity contribution in [2.75, 3.05) is 13.7 Å². The molecule has 0 fully saturated rings. The van der Waals surface area contributed by atoms with Gasteiger partial charge in [0.05, 0.1) is 18.1 Å². The van der Waals surface area contributed by atoms with Crippen molar-refractivity contribution < 1.29 is 14.6 Å². The molecule has 3 aromatic carbocycles. The van der Waals surface area contributed by atoms with Crippen molar-refractivity contribution in [3.8, 4) is 17.2 Å². The summed E-state index contributed by atoms with van der Waals surface area (Å²) in [4.78, 5) is 16.5. The first-order valence-electron chi connectivity index (χ1n) is 10.0. The van der Waals surface area contributed by atoms with Crippen LogP contribution in [0.2, 0.25) is 0 Å². The van der Waals surface area contributed by atoms with Crippen LogP contribution in [0, 0.1) is 0 Å². The molecule has 0 aliphatic rings. The van der Waals surface area contributed by atoms with Gasteiger partial charge in [0.15, 0.2) is 11.5 Å². The Kier molecular flexibility index (Phi) is 6.03. The van der Waals surface area contributed by atoms with Crippen molar-refractivity contribution in [2.45, 2.75) is 13.0 Å². The minimum atomic E-state index is -0.226. The summed E-state index contributed by atoms with van der Waals surface area (Å²) < 4.78 is 7.14. The van der Waals surface area contributed by atoms with Crippen LogP contribution in [0.5, 0.6) is 11.5 Å². The quantitative estimate of drug-likeness (QED) is 0.428. The maximum absolute atomic E-state index is 12.1. The lowest BCUT2D eigenvalue weighted by atomic mass is 10.1. The summed E-state index contributed by atoms with van der Waals surface area (Å²) in [5, 5.41) is 15.3. The summed E-state index contributed by atoms with van der Waals surface area (Å²) in [5.74, 6) is 0.526. The first kappa shape index (κ1) is 20.3. The Bertz CT molecular complexity index is 1190. The SMILES string of the molecule is COc1cc(CCNC(=O)NCc2ccc(-n3cnc4ccccc43)cc2)ccc1O. The Morgan fingerprint density at radius 3 is 2.61 bits per heavy atom. The van der Waals surface area contributed by atoms with Crippen LogP contribution in [-0.4, -0.2) is 34.3 Å². The number of carbonyl (C=O) groups is 1. The molecule has 0 bridgehead atoms. The van der Waals surface area contributed by atoms with Gasteiger partial charge in [-0.05, 0) is 53.9 Å². The molecule has 2 amide bonds. The van der Waals surface area contributed by atoms with E-state index in [9.17, 15) is 9.90 Å². The molecule has 7 nitrogen and oxygen atoms in total. The van der Waals surface area contributed by atoms with Crippen molar-refractivity contribution >= 4 is 17.1 Å². The van der Waals surface area contributed by atoms with Crippen LogP contribution in [0.25, 0.3) is 16.7 Å². The van der Waals surface area contributed by atoms with Gasteiger partial charge in [0.1, 0.15) is 6.33 Å². The average molecular weight is 416 g/mol. The van der Waals surface area contributed by atoms with E-state index in [4.69, 9.17) is 4.74 Å². The number of hydrogen-bond donors (Lipinski definition) is 3. The van der Waals surface area contributed by atoms with Crippen LogP contribution in [0.15, 0.2) is 73.1 Å². The van der Waals surface area contributed by atoms with E-state index >= 15 is 0 Å². The first-order valence-corrected chi connectivity index (χ1v) is 10.0. The molecule has 0 aliphatic heterocycles. The van der Waals surface area contributed by atoms with Gasteiger partial charge in [0, 0.05) is 18.8 Å². The molecule has 0 spiro atoms. The van der Waals surface area contributed by atoms with Gasteiger partial charge in [-0.15, -0.1) is 0 Å². The lowest BCUT2D eigenvalue weighted by molar-refractivity contribution is 0.240. The monoisotopic (exact) mass is 416 g/mol. The molecule has 0 radical (unpaired) electrons. The highest BCUT2D eigenvalue weighted by molar-refractivity contribution is 5.77.